The number of carbonyl (C=O) groups is 1. The first-order valence-electron chi connectivity index (χ1n) is 12.7. The lowest BCUT2D eigenvalue weighted by Crippen LogP contribution is -2.04. The summed E-state index contributed by atoms with van der Waals surface area (Å²) in [5.41, 5.74) is 3.65. The smallest absolute Gasteiger partial charge is 0.294 e. The van der Waals surface area contributed by atoms with E-state index in [9.17, 15) is 4.79 Å². The Morgan fingerprint density at radius 2 is 1.88 bits per heavy atom. The number of carbonyl (C=O) groups excluding carboxylic acids is 1. The molecule has 41 heavy (non-hydrogen) atoms. The topological polar surface area (TPSA) is 107 Å². The average molecular weight is 570 g/mol. The summed E-state index contributed by atoms with van der Waals surface area (Å²) in [4.78, 5) is 18.3. The standard InChI is InChI=1S/C30H23N3O7S/c1-35-20-11-25(21-13-27(40-26(21)12-20)22-14-33-29(31-22)41-30(32-33)36-2)37-15-18-5-3-4-17(8-18)9-23(34)19-6-7-24-28(10-19)39-16-38-24/h3-8,10-14H,9,15-16H2,1-2H3. The van der Waals surface area contributed by atoms with E-state index in [1.807, 2.05) is 42.5 Å². The number of ether oxygens (including phenoxy) is 5. The van der Waals surface area contributed by atoms with Crippen molar-refractivity contribution >= 4 is 33.1 Å². The number of imidazole rings is 1. The molecule has 3 aromatic carbocycles. The van der Waals surface area contributed by atoms with Crippen LogP contribution in [0, 0.1) is 0 Å². The number of Topliss-reactive ketones (excluding diaryl/α,β-unsaturated/α-hetero) is 1. The van der Waals surface area contributed by atoms with Gasteiger partial charge < -0.3 is 28.1 Å². The van der Waals surface area contributed by atoms with Gasteiger partial charge in [0.05, 0.1) is 25.8 Å². The van der Waals surface area contributed by atoms with Crippen molar-refractivity contribution in [2.45, 2.75) is 13.0 Å². The molecule has 0 amide bonds. The predicted molar refractivity (Wildman–Crippen MR) is 151 cm³/mol. The predicted octanol–water partition coefficient (Wildman–Crippen LogP) is 5.95. The molecule has 0 N–H and O–H groups in total. The Morgan fingerprint density at radius 1 is 1.00 bits per heavy atom. The first-order valence-corrected chi connectivity index (χ1v) is 13.5. The van der Waals surface area contributed by atoms with Gasteiger partial charge in [-0.25, -0.2) is 9.50 Å². The summed E-state index contributed by atoms with van der Waals surface area (Å²) in [6.45, 7) is 0.461. The minimum atomic E-state index is -0.00500. The number of methoxy groups -OCH3 is 2. The third kappa shape index (κ3) is 4.80. The molecule has 7 rings (SSSR count). The third-order valence-corrected chi connectivity index (χ3v) is 7.59. The lowest BCUT2D eigenvalue weighted by molar-refractivity contribution is 0.0992. The number of hydrogen-bond donors (Lipinski definition) is 0. The van der Waals surface area contributed by atoms with Crippen molar-refractivity contribution in [2.75, 3.05) is 21.0 Å². The Morgan fingerprint density at radius 3 is 2.73 bits per heavy atom. The van der Waals surface area contributed by atoms with Crippen molar-refractivity contribution in [2.24, 2.45) is 0 Å². The molecule has 206 valence electrons. The van der Waals surface area contributed by atoms with E-state index >= 15 is 0 Å². The van der Waals surface area contributed by atoms with Gasteiger partial charge in [0.15, 0.2) is 23.0 Å². The van der Waals surface area contributed by atoms with Crippen LogP contribution in [-0.4, -0.2) is 41.4 Å². The number of ketones is 1. The highest BCUT2D eigenvalue weighted by molar-refractivity contribution is 7.18. The van der Waals surface area contributed by atoms with Crippen molar-refractivity contribution < 1.29 is 32.9 Å². The van der Waals surface area contributed by atoms with Gasteiger partial charge in [0, 0.05) is 24.1 Å². The van der Waals surface area contributed by atoms with E-state index in [2.05, 4.69) is 10.1 Å². The minimum Gasteiger partial charge on any atom is -0.496 e. The fraction of sp³-hybridized carbons (Fsp3) is 0.167. The molecule has 1 aliphatic rings. The number of hydrogen-bond acceptors (Lipinski definition) is 10. The third-order valence-electron chi connectivity index (χ3n) is 6.71. The van der Waals surface area contributed by atoms with E-state index in [0.717, 1.165) is 16.5 Å². The molecule has 11 heteroatoms. The first-order chi connectivity index (χ1) is 20.1. The number of fused-ring (bicyclic) bond motifs is 3. The highest BCUT2D eigenvalue weighted by Gasteiger charge is 2.18. The monoisotopic (exact) mass is 569 g/mol. The Hall–Kier alpha value is -5.03. The summed E-state index contributed by atoms with van der Waals surface area (Å²) in [5, 5.41) is 5.65. The van der Waals surface area contributed by atoms with E-state index in [4.69, 9.17) is 28.1 Å². The molecule has 0 saturated heterocycles. The van der Waals surface area contributed by atoms with Gasteiger partial charge in [0.1, 0.15) is 29.4 Å². The Bertz CT molecular complexity index is 1890. The normalized spacial score (nSPS) is 12.2. The SMILES string of the molecule is COc1cc(OCc2cccc(CC(=O)c3ccc4c(c3)OCO4)c2)c2cc(-c3cn4nc(OC)sc4n3)oc2c1. The second-order valence-electron chi connectivity index (χ2n) is 9.35. The molecule has 0 unspecified atom stereocenters. The van der Waals surface area contributed by atoms with Crippen LogP contribution in [0.4, 0.5) is 0 Å². The molecule has 3 aromatic heterocycles. The van der Waals surface area contributed by atoms with E-state index < -0.39 is 0 Å². The second kappa shape index (κ2) is 10.2. The Balaban J connectivity index is 1.10. The van der Waals surface area contributed by atoms with Gasteiger partial charge in [-0.05, 0) is 46.7 Å². The molecule has 4 heterocycles. The summed E-state index contributed by atoms with van der Waals surface area (Å²) in [7, 11) is 3.17. The zero-order valence-electron chi connectivity index (χ0n) is 22.1. The highest BCUT2D eigenvalue weighted by atomic mass is 32.1. The highest BCUT2D eigenvalue weighted by Crippen LogP contribution is 2.38. The summed E-state index contributed by atoms with van der Waals surface area (Å²) in [5.74, 6) is 3.04. The maximum atomic E-state index is 12.9. The fourth-order valence-corrected chi connectivity index (χ4v) is 5.38. The van der Waals surface area contributed by atoms with Crippen LogP contribution in [-0.2, 0) is 13.0 Å². The van der Waals surface area contributed by atoms with Crippen molar-refractivity contribution in [1.29, 1.82) is 0 Å². The van der Waals surface area contributed by atoms with Crippen LogP contribution in [0.5, 0.6) is 28.2 Å². The van der Waals surface area contributed by atoms with Crippen molar-refractivity contribution in [3.8, 4) is 39.6 Å². The molecular formula is C30H23N3O7S. The van der Waals surface area contributed by atoms with E-state index in [1.165, 1.54) is 11.3 Å². The quantitative estimate of drug-likeness (QED) is 0.195. The van der Waals surface area contributed by atoms with Gasteiger partial charge in [-0.15, -0.1) is 5.10 Å². The summed E-state index contributed by atoms with van der Waals surface area (Å²) < 4.78 is 35.5. The lowest BCUT2D eigenvalue weighted by Gasteiger charge is -2.10. The van der Waals surface area contributed by atoms with Crippen LogP contribution in [0.25, 0.3) is 27.4 Å². The lowest BCUT2D eigenvalue weighted by atomic mass is 10.0. The zero-order chi connectivity index (χ0) is 27.9. The fourth-order valence-electron chi connectivity index (χ4n) is 4.68. The zero-order valence-corrected chi connectivity index (χ0v) is 22.9. The van der Waals surface area contributed by atoms with Gasteiger partial charge in [-0.1, -0.05) is 24.3 Å². The number of rotatable bonds is 9. The van der Waals surface area contributed by atoms with Gasteiger partial charge in [-0.3, -0.25) is 4.79 Å². The van der Waals surface area contributed by atoms with Crippen molar-refractivity contribution in [3.63, 3.8) is 0 Å². The van der Waals surface area contributed by atoms with Crippen LogP contribution in [0.15, 0.2) is 71.3 Å². The maximum Gasteiger partial charge on any atom is 0.294 e. The van der Waals surface area contributed by atoms with Gasteiger partial charge in [0.25, 0.3) is 5.19 Å². The van der Waals surface area contributed by atoms with Gasteiger partial charge in [0.2, 0.25) is 11.8 Å². The molecular weight excluding hydrogens is 546 g/mol. The van der Waals surface area contributed by atoms with E-state index in [0.29, 0.717) is 62.4 Å². The van der Waals surface area contributed by atoms with Crippen LogP contribution < -0.4 is 23.7 Å². The first kappa shape index (κ1) is 25.0. The molecule has 10 nitrogen and oxygen atoms in total. The van der Waals surface area contributed by atoms with Crippen LogP contribution in [0.2, 0.25) is 0 Å². The van der Waals surface area contributed by atoms with Crippen molar-refractivity contribution in [1.82, 2.24) is 14.6 Å². The summed E-state index contributed by atoms with van der Waals surface area (Å²) in [6, 6.07) is 18.6. The van der Waals surface area contributed by atoms with E-state index in [-0.39, 0.29) is 19.0 Å². The molecule has 6 aromatic rings. The van der Waals surface area contributed by atoms with Crippen LogP contribution in [0.3, 0.4) is 0 Å². The van der Waals surface area contributed by atoms with Gasteiger partial charge >= 0.3 is 0 Å². The van der Waals surface area contributed by atoms with Gasteiger partial charge in [-0.2, -0.15) is 0 Å². The maximum absolute atomic E-state index is 12.9. The minimum absolute atomic E-state index is 0.00500. The molecule has 0 saturated carbocycles. The molecule has 0 fully saturated rings. The molecule has 0 spiro atoms. The largest absolute Gasteiger partial charge is 0.496 e. The molecule has 1 aliphatic heterocycles. The Labute approximate surface area is 237 Å². The number of aromatic nitrogens is 3. The summed E-state index contributed by atoms with van der Waals surface area (Å²) >= 11 is 1.34. The average Bonchev–Trinajstić information content (AvgIpc) is 3.77. The number of benzene rings is 3. The molecule has 0 bridgehead atoms. The van der Waals surface area contributed by atoms with Crippen LogP contribution in [0.1, 0.15) is 21.5 Å². The number of furan rings is 1. The van der Waals surface area contributed by atoms with Crippen molar-refractivity contribution in [3.05, 3.63) is 83.6 Å². The molecule has 0 radical (unpaired) electrons. The Kier molecular flexibility index (Phi) is 6.20. The molecule has 0 aliphatic carbocycles. The van der Waals surface area contributed by atoms with Crippen LogP contribution >= 0.6 is 11.3 Å². The summed E-state index contributed by atoms with van der Waals surface area (Å²) in [6.07, 6.45) is 2.05. The van der Waals surface area contributed by atoms with E-state index in [1.54, 1.807) is 43.1 Å². The number of nitrogens with zero attached hydrogens (tertiary/aromatic N) is 3. The second-order valence-corrected chi connectivity index (χ2v) is 10.3. The molecule has 0 atom stereocenters.